The maximum absolute atomic E-state index is 12.7. The van der Waals surface area contributed by atoms with Crippen LogP contribution >= 0.6 is 0 Å². The van der Waals surface area contributed by atoms with E-state index in [2.05, 4.69) is 5.10 Å². The number of nitrogens with zero attached hydrogens (tertiary/aromatic N) is 2. The highest BCUT2D eigenvalue weighted by molar-refractivity contribution is 5.19. The van der Waals surface area contributed by atoms with Gasteiger partial charge < -0.3 is 5.73 Å². The molecule has 4 nitrogen and oxygen atoms in total. The molecular formula is C12H12FN3O. The normalized spacial score (nSPS) is 12.4. The lowest BCUT2D eigenvalue weighted by Crippen LogP contribution is -2.27. The van der Waals surface area contributed by atoms with Crippen molar-refractivity contribution in [3.05, 3.63) is 64.3 Å². The second-order valence-corrected chi connectivity index (χ2v) is 3.70. The third kappa shape index (κ3) is 2.76. The molecule has 5 heteroatoms. The number of rotatable bonds is 3. The van der Waals surface area contributed by atoms with E-state index < -0.39 is 0 Å². The van der Waals surface area contributed by atoms with Crippen LogP contribution in [0.1, 0.15) is 11.6 Å². The average Bonchev–Trinajstić information content (AvgIpc) is 2.33. The summed E-state index contributed by atoms with van der Waals surface area (Å²) in [6, 6.07) is 8.50. The van der Waals surface area contributed by atoms with E-state index in [4.69, 9.17) is 5.73 Å². The van der Waals surface area contributed by atoms with Gasteiger partial charge in [-0.25, -0.2) is 9.07 Å². The summed E-state index contributed by atoms with van der Waals surface area (Å²) in [7, 11) is 0. The molecule has 1 atom stereocenters. The molecule has 0 radical (unpaired) electrons. The number of nitrogens with two attached hydrogens (primary N) is 1. The van der Waals surface area contributed by atoms with Crippen LogP contribution in [0.25, 0.3) is 0 Å². The van der Waals surface area contributed by atoms with E-state index in [9.17, 15) is 9.18 Å². The van der Waals surface area contributed by atoms with Crippen molar-refractivity contribution in [3.63, 3.8) is 0 Å². The summed E-state index contributed by atoms with van der Waals surface area (Å²) < 4.78 is 14.0. The summed E-state index contributed by atoms with van der Waals surface area (Å²) in [5.41, 5.74) is 6.49. The van der Waals surface area contributed by atoms with Crippen molar-refractivity contribution >= 4 is 0 Å². The molecule has 1 aromatic heterocycles. The molecule has 1 heterocycles. The van der Waals surface area contributed by atoms with Gasteiger partial charge in [0.15, 0.2) is 0 Å². The monoisotopic (exact) mass is 233 g/mol. The molecule has 17 heavy (non-hydrogen) atoms. The van der Waals surface area contributed by atoms with E-state index in [1.54, 1.807) is 18.2 Å². The minimum Gasteiger partial charge on any atom is -0.322 e. The Labute approximate surface area is 97.5 Å². The van der Waals surface area contributed by atoms with Gasteiger partial charge in [-0.15, -0.1) is 0 Å². The standard InChI is InChI=1S/C12H12FN3O/c13-10-5-3-9(4-6-10)11(14)8-16-12(17)2-1-7-15-16/h1-7,11H,8,14H2. The maximum atomic E-state index is 12.7. The van der Waals surface area contributed by atoms with Crippen molar-refractivity contribution in [1.82, 2.24) is 9.78 Å². The molecule has 0 aliphatic rings. The van der Waals surface area contributed by atoms with Crippen LogP contribution in [0, 0.1) is 5.82 Å². The maximum Gasteiger partial charge on any atom is 0.266 e. The summed E-state index contributed by atoms with van der Waals surface area (Å²) >= 11 is 0. The van der Waals surface area contributed by atoms with Crippen LogP contribution in [-0.2, 0) is 6.54 Å². The van der Waals surface area contributed by atoms with Gasteiger partial charge in [-0.05, 0) is 23.8 Å². The molecule has 0 amide bonds. The van der Waals surface area contributed by atoms with Crippen LogP contribution < -0.4 is 11.3 Å². The van der Waals surface area contributed by atoms with Gasteiger partial charge in [0, 0.05) is 18.3 Å². The van der Waals surface area contributed by atoms with Crippen molar-refractivity contribution < 1.29 is 4.39 Å². The Kier molecular flexibility index (Phi) is 3.30. The fraction of sp³-hybridized carbons (Fsp3) is 0.167. The van der Waals surface area contributed by atoms with Gasteiger partial charge in [-0.1, -0.05) is 12.1 Å². The van der Waals surface area contributed by atoms with E-state index in [0.717, 1.165) is 5.56 Å². The lowest BCUT2D eigenvalue weighted by Gasteiger charge is -2.12. The number of benzene rings is 1. The lowest BCUT2D eigenvalue weighted by atomic mass is 10.1. The first-order valence-corrected chi connectivity index (χ1v) is 5.20. The first-order chi connectivity index (χ1) is 8.16. The van der Waals surface area contributed by atoms with Gasteiger partial charge in [0.2, 0.25) is 0 Å². The predicted molar refractivity (Wildman–Crippen MR) is 61.8 cm³/mol. The first kappa shape index (κ1) is 11.5. The zero-order valence-electron chi connectivity index (χ0n) is 9.08. The van der Waals surface area contributed by atoms with Crippen LogP contribution in [-0.4, -0.2) is 9.78 Å². The van der Waals surface area contributed by atoms with E-state index in [-0.39, 0.29) is 24.0 Å². The van der Waals surface area contributed by atoms with E-state index in [1.165, 1.54) is 29.1 Å². The van der Waals surface area contributed by atoms with Crippen molar-refractivity contribution in [1.29, 1.82) is 0 Å². The molecule has 88 valence electrons. The lowest BCUT2D eigenvalue weighted by molar-refractivity contribution is 0.503. The Bertz CT molecular complexity index is 550. The summed E-state index contributed by atoms with van der Waals surface area (Å²) in [6.45, 7) is 0.269. The highest BCUT2D eigenvalue weighted by Crippen LogP contribution is 2.11. The first-order valence-electron chi connectivity index (χ1n) is 5.20. The Morgan fingerprint density at radius 1 is 1.29 bits per heavy atom. The smallest absolute Gasteiger partial charge is 0.266 e. The van der Waals surface area contributed by atoms with Crippen LogP contribution in [0.15, 0.2) is 47.4 Å². The molecule has 0 aliphatic heterocycles. The van der Waals surface area contributed by atoms with E-state index in [0.29, 0.717) is 0 Å². The number of hydrogen-bond acceptors (Lipinski definition) is 3. The molecule has 0 saturated carbocycles. The van der Waals surface area contributed by atoms with Gasteiger partial charge in [0.05, 0.1) is 6.54 Å². The van der Waals surface area contributed by atoms with Crippen LogP contribution in [0.2, 0.25) is 0 Å². The summed E-state index contributed by atoms with van der Waals surface area (Å²) in [5.74, 6) is -0.309. The second-order valence-electron chi connectivity index (χ2n) is 3.70. The van der Waals surface area contributed by atoms with Crippen LogP contribution in [0.4, 0.5) is 4.39 Å². The Hall–Kier alpha value is -2.01. The van der Waals surface area contributed by atoms with Crippen molar-refractivity contribution in [2.45, 2.75) is 12.6 Å². The Morgan fingerprint density at radius 3 is 2.65 bits per heavy atom. The number of hydrogen-bond donors (Lipinski definition) is 1. The van der Waals surface area contributed by atoms with Crippen molar-refractivity contribution in [2.24, 2.45) is 5.73 Å². The molecule has 0 aliphatic carbocycles. The minimum absolute atomic E-state index is 0.204. The molecule has 2 aromatic rings. The summed E-state index contributed by atoms with van der Waals surface area (Å²) in [5, 5.41) is 3.91. The van der Waals surface area contributed by atoms with Crippen LogP contribution in [0.3, 0.4) is 0 Å². The highest BCUT2D eigenvalue weighted by atomic mass is 19.1. The molecule has 2 N–H and O–H groups in total. The van der Waals surface area contributed by atoms with Crippen LogP contribution in [0.5, 0.6) is 0 Å². The molecule has 0 spiro atoms. The number of aromatic nitrogens is 2. The molecule has 2 rings (SSSR count). The minimum atomic E-state index is -0.386. The van der Waals surface area contributed by atoms with Crippen molar-refractivity contribution in [3.8, 4) is 0 Å². The highest BCUT2D eigenvalue weighted by Gasteiger charge is 2.08. The van der Waals surface area contributed by atoms with Gasteiger partial charge in [0.25, 0.3) is 5.56 Å². The van der Waals surface area contributed by atoms with E-state index in [1.807, 2.05) is 0 Å². The van der Waals surface area contributed by atoms with Crippen molar-refractivity contribution in [2.75, 3.05) is 0 Å². The zero-order chi connectivity index (χ0) is 12.3. The summed E-state index contributed by atoms with van der Waals surface area (Å²) in [6.07, 6.45) is 1.53. The SMILES string of the molecule is NC(Cn1ncccc1=O)c1ccc(F)cc1. The molecule has 0 fully saturated rings. The molecule has 0 bridgehead atoms. The molecular weight excluding hydrogens is 221 g/mol. The molecule has 0 saturated heterocycles. The molecule has 1 aromatic carbocycles. The summed E-state index contributed by atoms with van der Waals surface area (Å²) in [4.78, 5) is 11.4. The van der Waals surface area contributed by atoms with E-state index >= 15 is 0 Å². The van der Waals surface area contributed by atoms with Gasteiger partial charge in [0.1, 0.15) is 5.82 Å². The number of halogens is 1. The topological polar surface area (TPSA) is 60.9 Å². The Morgan fingerprint density at radius 2 is 2.00 bits per heavy atom. The third-order valence-electron chi connectivity index (χ3n) is 2.45. The molecule has 1 unspecified atom stereocenters. The Balaban J connectivity index is 2.17. The average molecular weight is 233 g/mol. The van der Waals surface area contributed by atoms with Gasteiger partial charge >= 0.3 is 0 Å². The fourth-order valence-electron chi connectivity index (χ4n) is 1.53. The van der Waals surface area contributed by atoms with Gasteiger partial charge in [-0.3, -0.25) is 4.79 Å². The quantitative estimate of drug-likeness (QED) is 0.863. The van der Waals surface area contributed by atoms with Gasteiger partial charge in [-0.2, -0.15) is 5.10 Å². The third-order valence-corrected chi connectivity index (χ3v) is 2.45. The second kappa shape index (κ2) is 4.88. The zero-order valence-corrected chi connectivity index (χ0v) is 9.08. The fourth-order valence-corrected chi connectivity index (χ4v) is 1.53. The largest absolute Gasteiger partial charge is 0.322 e. The predicted octanol–water partition coefficient (Wildman–Crippen LogP) is 1.08.